The van der Waals surface area contributed by atoms with Gasteiger partial charge in [0.25, 0.3) is 0 Å². The molecule has 164 valence electrons. The van der Waals surface area contributed by atoms with E-state index in [4.69, 9.17) is 9.47 Å². The van der Waals surface area contributed by atoms with Gasteiger partial charge in [0, 0.05) is 25.4 Å². The Morgan fingerprint density at radius 3 is 2.55 bits per heavy atom. The van der Waals surface area contributed by atoms with Crippen molar-refractivity contribution in [3.8, 4) is 0 Å². The van der Waals surface area contributed by atoms with Crippen molar-refractivity contribution >= 4 is 0 Å². The molecule has 29 heavy (non-hydrogen) atoms. The molecule has 2 N–H and O–H groups in total. The van der Waals surface area contributed by atoms with Crippen LogP contribution in [0.3, 0.4) is 0 Å². The molecule has 0 bridgehead atoms. The Bertz CT molecular complexity index is 653. The lowest BCUT2D eigenvalue weighted by molar-refractivity contribution is -0.263. The zero-order chi connectivity index (χ0) is 20.3. The smallest absolute Gasteiger partial charge is 0.168 e. The van der Waals surface area contributed by atoms with Crippen LogP contribution in [0.1, 0.15) is 84.0 Å². The van der Waals surface area contributed by atoms with Crippen LogP contribution >= 0.6 is 0 Å². The molecule has 0 amide bonds. The van der Waals surface area contributed by atoms with E-state index < -0.39 is 0 Å². The van der Waals surface area contributed by atoms with Crippen molar-refractivity contribution in [2.45, 2.75) is 102 Å². The number of aliphatic hydroxyl groups excluding tert-OH is 2. The first-order chi connectivity index (χ1) is 14.0. The number of methoxy groups -OCH3 is 1. The minimum atomic E-state index is -0.342. The highest BCUT2D eigenvalue weighted by atomic mass is 16.7. The normalized spacial score (nSPS) is 48.6. The molecule has 4 saturated carbocycles. The van der Waals surface area contributed by atoms with Crippen molar-refractivity contribution in [1.29, 1.82) is 0 Å². The maximum atomic E-state index is 10.6. The predicted molar refractivity (Wildman–Crippen MR) is 112 cm³/mol. The van der Waals surface area contributed by atoms with E-state index >= 15 is 0 Å². The van der Waals surface area contributed by atoms with Crippen LogP contribution in [0.4, 0.5) is 0 Å². The van der Waals surface area contributed by atoms with Crippen LogP contribution in [-0.4, -0.2) is 41.9 Å². The highest BCUT2D eigenvalue weighted by Crippen LogP contribution is 2.65. The van der Waals surface area contributed by atoms with Crippen molar-refractivity contribution < 1.29 is 19.7 Å². The first-order valence-electron chi connectivity index (χ1n) is 12.2. The molecule has 0 aromatic carbocycles. The molecule has 5 rings (SSSR count). The molecule has 0 heterocycles. The summed E-state index contributed by atoms with van der Waals surface area (Å²) >= 11 is 0. The Morgan fingerprint density at radius 2 is 1.83 bits per heavy atom. The van der Waals surface area contributed by atoms with Crippen LogP contribution in [-0.2, 0) is 9.47 Å². The fourth-order valence-electron chi connectivity index (χ4n) is 8.42. The Kier molecular flexibility index (Phi) is 5.17. The van der Waals surface area contributed by atoms with Crippen LogP contribution in [0.2, 0.25) is 0 Å². The lowest BCUT2D eigenvalue weighted by Gasteiger charge is -2.58. The third kappa shape index (κ3) is 3.00. The fourth-order valence-corrected chi connectivity index (χ4v) is 8.42. The van der Waals surface area contributed by atoms with Gasteiger partial charge in [-0.25, -0.2) is 0 Å². The van der Waals surface area contributed by atoms with E-state index in [-0.39, 0.29) is 29.3 Å². The second kappa shape index (κ2) is 7.32. The number of hydrogen-bond acceptors (Lipinski definition) is 4. The highest BCUT2D eigenvalue weighted by Gasteiger charge is 2.61. The Morgan fingerprint density at radius 1 is 1.03 bits per heavy atom. The Balaban J connectivity index is 1.40. The van der Waals surface area contributed by atoms with E-state index in [1.807, 2.05) is 7.11 Å². The van der Waals surface area contributed by atoms with E-state index in [0.29, 0.717) is 23.9 Å². The minimum absolute atomic E-state index is 0.0678. The molecule has 2 unspecified atom stereocenters. The molecule has 4 nitrogen and oxygen atoms in total. The van der Waals surface area contributed by atoms with Gasteiger partial charge in [-0.05, 0) is 87.4 Å². The van der Waals surface area contributed by atoms with Crippen LogP contribution in [0.15, 0.2) is 11.6 Å². The van der Waals surface area contributed by atoms with Crippen molar-refractivity contribution in [2.24, 2.45) is 28.6 Å². The monoisotopic (exact) mass is 404 g/mol. The summed E-state index contributed by atoms with van der Waals surface area (Å²) in [7, 11) is 1.83. The van der Waals surface area contributed by atoms with Gasteiger partial charge in [-0.1, -0.05) is 18.6 Å². The number of allylic oxidation sites excluding steroid dienone is 1. The van der Waals surface area contributed by atoms with Gasteiger partial charge in [-0.15, -0.1) is 0 Å². The predicted octanol–water partition coefficient (Wildman–Crippen LogP) is 4.58. The third-order valence-corrected chi connectivity index (χ3v) is 10.1. The topological polar surface area (TPSA) is 58.9 Å². The van der Waals surface area contributed by atoms with Crippen molar-refractivity contribution in [3.05, 3.63) is 11.6 Å². The second-order valence-electron chi connectivity index (χ2n) is 11.1. The van der Waals surface area contributed by atoms with Crippen LogP contribution in [0, 0.1) is 28.6 Å². The molecule has 7 atom stereocenters. The van der Waals surface area contributed by atoms with Gasteiger partial charge in [-0.2, -0.15) is 0 Å². The molecular formula is C25H40O4. The molecule has 0 aromatic heterocycles. The van der Waals surface area contributed by atoms with Crippen molar-refractivity contribution in [1.82, 2.24) is 0 Å². The average Bonchev–Trinajstić information content (AvgIpc) is 3.33. The van der Waals surface area contributed by atoms with Gasteiger partial charge in [-0.3, -0.25) is 0 Å². The summed E-state index contributed by atoms with van der Waals surface area (Å²) in [6, 6.07) is 0. The maximum Gasteiger partial charge on any atom is 0.168 e. The van der Waals surface area contributed by atoms with Crippen molar-refractivity contribution in [3.63, 3.8) is 0 Å². The molecule has 0 aliphatic heterocycles. The van der Waals surface area contributed by atoms with E-state index in [2.05, 4.69) is 13.0 Å². The lowest BCUT2D eigenvalue weighted by Crippen LogP contribution is -2.54. The quantitative estimate of drug-likeness (QED) is 0.532. The number of hydrogen-bond donors (Lipinski definition) is 2. The number of ether oxygens (including phenoxy) is 2. The van der Waals surface area contributed by atoms with Gasteiger partial charge in [0.15, 0.2) is 5.79 Å². The van der Waals surface area contributed by atoms with E-state index in [0.717, 1.165) is 44.9 Å². The molecule has 4 fully saturated rings. The van der Waals surface area contributed by atoms with Gasteiger partial charge < -0.3 is 19.7 Å². The third-order valence-electron chi connectivity index (χ3n) is 10.1. The van der Waals surface area contributed by atoms with Gasteiger partial charge in [0.2, 0.25) is 0 Å². The molecule has 0 saturated heterocycles. The molecule has 5 aliphatic rings. The van der Waals surface area contributed by atoms with Gasteiger partial charge >= 0.3 is 0 Å². The van der Waals surface area contributed by atoms with Crippen LogP contribution in [0.25, 0.3) is 0 Å². The first-order valence-corrected chi connectivity index (χ1v) is 12.2. The summed E-state index contributed by atoms with van der Waals surface area (Å²) in [5.74, 6) is 1.55. The molecule has 0 radical (unpaired) electrons. The Hall–Kier alpha value is -0.420. The number of rotatable bonds is 4. The lowest BCUT2D eigenvalue weighted by atomic mass is 9.47. The summed E-state index contributed by atoms with van der Waals surface area (Å²) in [4.78, 5) is 0. The molecule has 5 aliphatic carbocycles. The first kappa shape index (κ1) is 20.5. The van der Waals surface area contributed by atoms with Crippen molar-refractivity contribution in [2.75, 3.05) is 13.7 Å². The molecule has 0 aromatic rings. The number of fused-ring (bicyclic) bond motifs is 5. The summed E-state index contributed by atoms with van der Waals surface area (Å²) in [5, 5.41) is 20.8. The maximum absolute atomic E-state index is 10.6. The SMILES string of the molecule is COC1(OC2CC[C@H]3[C@@H]4CC=C5CC(O)CC[C@]5(CO)[C@@H]4CC[C@]23C)CCCC1. The van der Waals surface area contributed by atoms with Crippen LogP contribution < -0.4 is 0 Å². The standard InChI is InChI=1S/C25H40O4/c1-23-13-10-21-19(6-5-17-15-18(27)9-14-24(17,21)16-26)20(23)7-8-22(23)29-25(28-2)11-3-4-12-25/h5,18-22,26-27H,3-4,6-16H2,1-2H3/t18?,19-,20-,21+,22?,23-,24+/m0/s1. The zero-order valence-corrected chi connectivity index (χ0v) is 18.4. The summed E-state index contributed by atoms with van der Waals surface area (Å²) in [5.41, 5.74) is 1.52. The average molecular weight is 405 g/mol. The highest BCUT2D eigenvalue weighted by molar-refractivity contribution is 5.26. The summed E-state index contributed by atoms with van der Waals surface area (Å²) in [6.07, 6.45) is 15.5. The van der Waals surface area contributed by atoms with E-state index in [1.165, 1.54) is 37.7 Å². The largest absolute Gasteiger partial charge is 0.395 e. The minimum Gasteiger partial charge on any atom is -0.395 e. The second-order valence-corrected chi connectivity index (χ2v) is 11.1. The molecular weight excluding hydrogens is 364 g/mol. The number of aliphatic hydroxyl groups is 2. The summed E-state index contributed by atoms with van der Waals surface area (Å²) < 4.78 is 12.7. The van der Waals surface area contributed by atoms with E-state index in [1.54, 1.807) is 0 Å². The Labute approximate surface area is 176 Å². The molecule has 0 spiro atoms. The summed E-state index contributed by atoms with van der Waals surface area (Å²) in [6.45, 7) is 2.74. The van der Waals surface area contributed by atoms with Gasteiger partial charge in [0.05, 0.1) is 18.8 Å². The zero-order valence-electron chi connectivity index (χ0n) is 18.4. The fraction of sp³-hybridized carbons (Fsp3) is 0.920. The molecule has 4 heteroatoms. The van der Waals surface area contributed by atoms with E-state index in [9.17, 15) is 10.2 Å². The van der Waals surface area contributed by atoms with Gasteiger partial charge in [0.1, 0.15) is 0 Å². The van der Waals surface area contributed by atoms with Crippen LogP contribution in [0.5, 0.6) is 0 Å².